The second-order valence-corrected chi connectivity index (χ2v) is 7.73. The van der Waals surface area contributed by atoms with Crippen molar-refractivity contribution < 1.29 is 4.79 Å². The van der Waals surface area contributed by atoms with Crippen molar-refractivity contribution in [2.75, 3.05) is 5.32 Å². The molecule has 112 valence electrons. The standard InChI is InChI=1S/C15H19N3OS2/c1-9(2)16-14-17-18-15(21-14)20-11(4)13(19)12-7-5-10(3)6-8-12/h5-9,11H,1-4H3,(H,16,17). The summed E-state index contributed by atoms with van der Waals surface area (Å²) in [5, 5.41) is 12.0. The van der Waals surface area contributed by atoms with E-state index in [0.717, 1.165) is 20.6 Å². The van der Waals surface area contributed by atoms with Crippen LogP contribution < -0.4 is 5.32 Å². The smallest absolute Gasteiger partial charge is 0.206 e. The van der Waals surface area contributed by atoms with E-state index in [0.29, 0.717) is 6.04 Å². The summed E-state index contributed by atoms with van der Waals surface area (Å²) >= 11 is 2.94. The molecule has 1 aromatic heterocycles. The van der Waals surface area contributed by atoms with Gasteiger partial charge in [-0.05, 0) is 27.7 Å². The van der Waals surface area contributed by atoms with Gasteiger partial charge in [0.05, 0.1) is 5.25 Å². The van der Waals surface area contributed by atoms with Crippen LogP contribution in [0, 0.1) is 6.92 Å². The molecule has 0 aliphatic heterocycles. The summed E-state index contributed by atoms with van der Waals surface area (Å²) in [7, 11) is 0. The van der Waals surface area contributed by atoms with Gasteiger partial charge in [0.15, 0.2) is 10.1 Å². The number of carbonyl (C=O) groups is 1. The first-order chi connectivity index (χ1) is 9.95. The van der Waals surface area contributed by atoms with Gasteiger partial charge in [-0.3, -0.25) is 4.79 Å². The van der Waals surface area contributed by atoms with E-state index in [9.17, 15) is 4.79 Å². The van der Waals surface area contributed by atoms with Crippen LogP contribution in [0.25, 0.3) is 0 Å². The molecule has 0 aliphatic carbocycles. The van der Waals surface area contributed by atoms with Crippen molar-refractivity contribution in [2.45, 2.75) is 43.3 Å². The van der Waals surface area contributed by atoms with Crippen LogP contribution in [0.4, 0.5) is 5.13 Å². The van der Waals surface area contributed by atoms with E-state index in [-0.39, 0.29) is 11.0 Å². The Labute approximate surface area is 133 Å². The van der Waals surface area contributed by atoms with Gasteiger partial charge in [0.2, 0.25) is 5.13 Å². The number of aryl methyl sites for hydroxylation is 1. The van der Waals surface area contributed by atoms with E-state index in [1.54, 1.807) is 0 Å². The van der Waals surface area contributed by atoms with Crippen LogP contribution in [0.5, 0.6) is 0 Å². The molecule has 0 saturated heterocycles. The van der Waals surface area contributed by atoms with Crippen molar-refractivity contribution in [1.29, 1.82) is 0 Å². The molecule has 0 spiro atoms. The van der Waals surface area contributed by atoms with Crippen LogP contribution in [0.15, 0.2) is 28.6 Å². The second-order valence-electron chi connectivity index (χ2n) is 5.16. The average molecular weight is 321 g/mol. The molecule has 2 rings (SSSR count). The Kier molecular flexibility index (Phi) is 5.36. The number of nitrogens with one attached hydrogen (secondary N) is 1. The monoisotopic (exact) mass is 321 g/mol. The molecular formula is C15H19N3OS2. The fourth-order valence-corrected chi connectivity index (χ4v) is 3.84. The Morgan fingerprint density at radius 3 is 2.48 bits per heavy atom. The van der Waals surface area contributed by atoms with Crippen molar-refractivity contribution in [3.05, 3.63) is 35.4 Å². The van der Waals surface area contributed by atoms with Crippen LogP contribution in [-0.4, -0.2) is 27.3 Å². The van der Waals surface area contributed by atoms with Crippen molar-refractivity contribution in [3.63, 3.8) is 0 Å². The lowest BCUT2D eigenvalue weighted by atomic mass is 10.1. The molecule has 0 aliphatic rings. The summed E-state index contributed by atoms with van der Waals surface area (Å²) in [5.41, 5.74) is 1.89. The zero-order valence-corrected chi connectivity index (χ0v) is 14.2. The first kappa shape index (κ1) is 16.0. The third-order valence-corrected chi connectivity index (χ3v) is 4.84. The van der Waals surface area contributed by atoms with Crippen LogP contribution >= 0.6 is 23.1 Å². The minimum absolute atomic E-state index is 0.119. The Hall–Kier alpha value is -1.40. The van der Waals surface area contributed by atoms with Crippen LogP contribution in [0.1, 0.15) is 36.7 Å². The number of carbonyl (C=O) groups excluding carboxylic acids is 1. The highest BCUT2D eigenvalue weighted by atomic mass is 32.2. The normalized spacial score (nSPS) is 12.4. The molecule has 1 heterocycles. The Balaban J connectivity index is 2.00. The lowest BCUT2D eigenvalue weighted by Gasteiger charge is -2.08. The highest BCUT2D eigenvalue weighted by molar-refractivity contribution is 8.02. The van der Waals surface area contributed by atoms with Gasteiger partial charge in [-0.25, -0.2) is 0 Å². The van der Waals surface area contributed by atoms with Gasteiger partial charge in [-0.2, -0.15) is 0 Å². The molecule has 1 atom stereocenters. The van der Waals surface area contributed by atoms with E-state index in [1.165, 1.54) is 23.1 Å². The van der Waals surface area contributed by atoms with Gasteiger partial charge in [0.25, 0.3) is 0 Å². The number of hydrogen-bond acceptors (Lipinski definition) is 6. The third-order valence-electron chi connectivity index (χ3n) is 2.80. The van der Waals surface area contributed by atoms with Gasteiger partial charge in [0, 0.05) is 11.6 Å². The maximum Gasteiger partial charge on any atom is 0.206 e. The molecule has 2 aromatic rings. The molecule has 0 saturated carbocycles. The van der Waals surface area contributed by atoms with E-state index >= 15 is 0 Å². The zero-order valence-electron chi connectivity index (χ0n) is 12.6. The number of ketones is 1. The highest BCUT2D eigenvalue weighted by Gasteiger charge is 2.18. The maximum atomic E-state index is 12.4. The van der Waals surface area contributed by atoms with Gasteiger partial charge in [0.1, 0.15) is 0 Å². The largest absolute Gasteiger partial charge is 0.358 e. The Bertz CT molecular complexity index is 608. The number of thioether (sulfide) groups is 1. The minimum atomic E-state index is -0.174. The maximum absolute atomic E-state index is 12.4. The van der Waals surface area contributed by atoms with Gasteiger partial charge in [-0.15, -0.1) is 10.2 Å². The summed E-state index contributed by atoms with van der Waals surface area (Å²) in [6.45, 7) is 8.02. The summed E-state index contributed by atoms with van der Waals surface area (Å²) in [5.74, 6) is 0.119. The summed E-state index contributed by atoms with van der Waals surface area (Å²) < 4.78 is 0.811. The molecule has 0 amide bonds. The molecule has 1 N–H and O–H groups in total. The quantitative estimate of drug-likeness (QED) is 0.643. The van der Waals surface area contributed by atoms with Crippen molar-refractivity contribution in [3.8, 4) is 0 Å². The number of hydrogen-bond donors (Lipinski definition) is 1. The average Bonchev–Trinajstić information content (AvgIpc) is 2.85. The Morgan fingerprint density at radius 2 is 1.86 bits per heavy atom. The zero-order chi connectivity index (χ0) is 15.4. The minimum Gasteiger partial charge on any atom is -0.358 e. The van der Waals surface area contributed by atoms with Gasteiger partial charge < -0.3 is 5.32 Å². The van der Waals surface area contributed by atoms with Crippen LogP contribution in [-0.2, 0) is 0 Å². The van der Waals surface area contributed by atoms with Crippen LogP contribution in [0.2, 0.25) is 0 Å². The number of anilines is 1. The molecule has 6 heteroatoms. The number of benzene rings is 1. The molecule has 0 bridgehead atoms. The van der Waals surface area contributed by atoms with E-state index < -0.39 is 0 Å². The fraction of sp³-hybridized carbons (Fsp3) is 0.400. The summed E-state index contributed by atoms with van der Waals surface area (Å²) in [4.78, 5) is 12.4. The first-order valence-electron chi connectivity index (χ1n) is 6.83. The number of nitrogens with zero attached hydrogens (tertiary/aromatic N) is 2. The predicted octanol–water partition coefficient (Wildman–Crippen LogP) is 4.03. The van der Waals surface area contributed by atoms with Crippen molar-refractivity contribution >= 4 is 34.0 Å². The summed E-state index contributed by atoms with van der Waals surface area (Å²) in [6, 6.07) is 7.99. The molecule has 4 nitrogen and oxygen atoms in total. The van der Waals surface area contributed by atoms with Crippen molar-refractivity contribution in [2.24, 2.45) is 0 Å². The molecule has 21 heavy (non-hydrogen) atoms. The topological polar surface area (TPSA) is 54.9 Å². The molecule has 1 aromatic carbocycles. The molecular weight excluding hydrogens is 302 g/mol. The number of Topliss-reactive ketones (excluding diaryl/α,β-unsaturated/α-hetero) is 1. The SMILES string of the molecule is Cc1ccc(C(=O)C(C)Sc2nnc(NC(C)C)s2)cc1. The fourth-order valence-electron chi connectivity index (χ4n) is 1.72. The molecule has 0 radical (unpaired) electrons. The van der Waals surface area contributed by atoms with E-state index in [4.69, 9.17) is 0 Å². The van der Waals surface area contributed by atoms with Gasteiger partial charge >= 0.3 is 0 Å². The highest BCUT2D eigenvalue weighted by Crippen LogP contribution is 2.30. The summed E-state index contributed by atoms with van der Waals surface area (Å²) in [6.07, 6.45) is 0. The first-order valence-corrected chi connectivity index (χ1v) is 8.53. The lowest BCUT2D eigenvalue weighted by Crippen LogP contribution is -2.13. The van der Waals surface area contributed by atoms with Crippen LogP contribution in [0.3, 0.4) is 0 Å². The van der Waals surface area contributed by atoms with E-state index in [2.05, 4.69) is 29.4 Å². The second kappa shape index (κ2) is 7.04. The lowest BCUT2D eigenvalue weighted by molar-refractivity contribution is 0.0994. The predicted molar refractivity (Wildman–Crippen MR) is 89.5 cm³/mol. The number of aromatic nitrogens is 2. The van der Waals surface area contributed by atoms with E-state index in [1.807, 2.05) is 38.1 Å². The Morgan fingerprint density at radius 1 is 1.19 bits per heavy atom. The molecule has 1 unspecified atom stereocenters. The number of rotatable bonds is 6. The van der Waals surface area contributed by atoms with Crippen molar-refractivity contribution in [1.82, 2.24) is 10.2 Å². The molecule has 0 fully saturated rings. The van der Waals surface area contributed by atoms with Gasteiger partial charge in [-0.1, -0.05) is 52.9 Å². The third kappa shape index (κ3) is 4.54.